The van der Waals surface area contributed by atoms with E-state index in [9.17, 15) is 0 Å². The Morgan fingerprint density at radius 1 is 1.28 bits per heavy atom. The van der Waals surface area contributed by atoms with E-state index in [1.165, 1.54) is 16.7 Å². The van der Waals surface area contributed by atoms with Gasteiger partial charge in [-0.15, -0.1) is 0 Å². The second kappa shape index (κ2) is 5.36. The minimum absolute atomic E-state index is 0.319. The van der Waals surface area contributed by atoms with Gasteiger partial charge in [0.25, 0.3) is 0 Å². The van der Waals surface area contributed by atoms with Crippen LogP contribution in [-0.4, -0.2) is 16.8 Å². The monoisotopic (exact) mass is 243 g/mol. The van der Waals surface area contributed by atoms with Gasteiger partial charge in [-0.25, -0.2) is 0 Å². The Labute approximate surface area is 109 Å². The lowest BCUT2D eigenvalue weighted by molar-refractivity contribution is 0.574. The molecule has 1 aromatic carbocycles. The summed E-state index contributed by atoms with van der Waals surface area (Å²) in [5.74, 6) is 0. The molecule has 0 saturated heterocycles. The molecule has 0 saturated carbocycles. The number of nitrogens with zero attached hydrogens (tertiary/aromatic N) is 2. The quantitative estimate of drug-likeness (QED) is 0.894. The van der Waals surface area contributed by atoms with Crippen LogP contribution in [0.25, 0.3) is 0 Å². The van der Waals surface area contributed by atoms with Gasteiger partial charge in [0, 0.05) is 25.7 Å². The lowest BCUT2D eigenvalue weighted by Gasteiger charge is -2.19. The van der Waals surface area contributed by atoms with Crippen molar-refractivity contribution in [3.05, 3.63) is 52.8 Å². The second-order valence-corrected chi connectivity index (χ2v) is 4.82. The van der Waals surface area contributed by atoms with Gasteiger partial charge < -0.3 is 5.32 Å². The second-order valence-electron chi connectivity index (χ2n) is 4.82. The number of nitrogens with one attached hydrogen (secondary N) is 1. The molecule has 2 aromatic rings. The number of likely N-dealkylation sites (N-methyl/N-ethyl adjacent to an activating group) is 1. The van der Waals surface area contributed by atoms with E-state index in [4.69, 9.17) is 0 Å². The molecule has 1 unspecified atom stereocenters. The standard InChI is InChI=1S/C15H21N3/c1-11-6-5-7-14(12(11)2)15(16-3)10-13-8-9-18(4)17-13/h5-9,15-16H,10H2,1-4H3. The Hall–Kier alpha value is -1.61. The number of rotatable bonds is 4. The minimum Gasteiger partial charge on any atom is -0.313 e. The van der Waals surface area contributed by atoms with Gasteiger partial charge in [-0.1, -0.05) is 18.2 Å². The van der Waals surface area contributed by atoms with Crippen LogP contribution in [-0.2, 0) is 13.5 Å². The van der Waals surface area contributed by atoms with E-state index in [-0.39, 0.29) is 0 Å². The van der Waals surface area contributed by atoms with Crippen LogP contribution in [0.1, 0.15) is 28.4 Å². The summed E-state index contributed by atoms with van der Waals surface area (Å²) in [5, 5.41) is 7.85. The van der Waals surface area contributed by atoms with Crippen molar-refractivity contribution < 1.29 is 0 Å². The van der Waals surface area contributed by atoms with Crippen molar-refractivity contribution in [3.63, 3.8) is 0 Å². The average molecular weight is 243 g/mol. The molecule has 1 atom stereocenters. The highest BCUT2D eigenvalue weighted by Gasteiger charge is 2.14. The molecule has 0 fully saturated rings. The first kappa shape index (κ1) is 12.8. The van der Waals surface area contributed by atoms with Crippen molar-refractivity contribution in [1.29, 1.82) is 0 Å². The average Bonchev–Trinajstić information content (AvgIpc) is 2.76. The van der Waals surface area contributed by atoms with E-state index >= 15 is 0 Å². The van der Waals surface area contributed by atoms with E-state index in [1.54, 1.807) is 0 Å². The predicted octanol–water partition coefficient (Wildman–Crippen LogP) is 2.54. The summed E-state index contributed by atoms with van der Waals surface area (Å²) in [6.45, 7) is 4.35. The third-order valence-electron chi connectivity index (χ3n) is 3.55. The summed E-state index contributed by atoms with van der Waals surface area (Å²) in [7, 11) is 3.96. The molecule has 3 heteroatoms. The Kier molecular flexibility index (Phi) is 3.82. The molecule has 0 bridgehead atoms. The fourth-order valence-electron chi connectivity index (χ4n) is 2.30. The molecule has 0 aliphatic heterocycles. The minimum atomic E-state index is 0.319. The molecular weight excluding hydrogens is 222 g/mol. The molecular formula is C15H21N3. The van der Waals surface area contributed by atoms with Crippen molar-refractivity contribution >= 4 is 0 Å². The van der Waals surface area contributed by atoms with Crippen LogP contribution < -0.4 is 5.32 Å². The van der Waals surface area contributed by atoms with Crippen LogP contribution in [0.3, 0.4) is 0 Å². The van der Waals surface area contributed by atoms with Crippen LogP contribution in [0.15, 0.2) is 30.5 Å². The highest BCUT2D eigenvalue weighted by atomic mass is 15.2. The number of hydrogen-bond donors (Lipinski definition) is 1. The largest absolute Gasteiger partial charge is 0.313 e. The van der Waals surface area contributed by atoms with E-state index < -0.39 is 0 Å². The Balaban J connectivity index is 2.25. The van der Waals surface area contributed by atoms with Crippen molar-refractivity contribution in [2.45, 2.75) is 26.3 Å². The van der Waals surface area contributed by atoms with Crippen LogP contribution in [0.2, 0.25) is 0 Å². The first-order chi connectivity index (χ1) is 8.61. The molecule has 1 heterocycles. The number of benzene rings is 1. The summed E-state index contributed by atoms with van der Waals surface area (Å²) < 4.78 is 1.85. The Morgan fingerprint density at radius 2 is 2.06 bits per heavy atom. The fraction of sp³-hybridized carbons (Fsp3) is 0.400. The summed E-state index contributed by atoms with van der Waals surface area (Å²) in [5.41, 5.74) is 5.20. The molecule has 0 spiro atoms. The van der Waals surface area contributed by atoms with Gasteiger partial charge in [0.2, 0.25) is 0 Å². The van der Waals surface area contributed by atoms with Gasteiger partial charge in [-0.2, -0.15) is 5.10 Å². The number of hydrogen-bond acceptors (Lipinski definition) is 2. The van der Waals surface area contributed by atoms with Crippen molar-refractivity contribution in [2.24, 2.45) is 7.05 Å². The summed E-state index contributed by atoms with van der Waals surface area (Å²) in [4.78, 5) is 0. The maximum atomic E-state index is 4.45. The van der Waals surface area contributed by atoms with Crippen LogP contribution in [0, 0.1) is 13.8 Å². The van der Waals surface area contributed by atoms with Gasteiger partial charge in [0.1, 0.15) is 0 Å². The molecule has 2 rings (SSSR count). The first-order valence-corrected chi connectivity index (χ1v) is 6.33. The fourth-order valence-corrected chi connectivity index (χ4v) is 2.30. The summed E-state index contributed by atoms with van der Waals surface area (Å²) in [6, 6.07) is 8.88. The Morgan fingerprint density at radius 3 is 2.67 bits per heavy atom. The highest BCUT2D eigenvalue weighted by molar-refractivity contribution is 5.35. The molecule has 96 valence electrons. The van der Waals surface area contributed by atoms with Crippen molar-refractivity contribution in [2.75, 3.05) is 7.05 Å². The molecule has 0 radical (unpaired) electrons. The molecule has 1 N–H and O–H groups in total. The SMILES string of the molecule is CNC(Cc1ccn(C)n1)c1cccc(C)c1C. The lowest BCUT2D eigenvalue weighted by Crippen LogP contribution is -2.20. The van der Waals surface area contributed by atoms with E-state index in [2.05, 4.69) is 48.5 Å². The molecule has 1 aromatic heterocycles. The smallest absolute Gasteiger partial charge is 0.0643 e. The maximum Gasteiger partial charge on any atom is 0.0643 e. The maximum absolute atomic E-state index is 4.45. The molecule has 0 aliphatic rings. The van der Waals surface area contributed by atoms with Gasteiger partial charge in [0.05, 0.1) is 5.69 Å². The van der Waals surface area contributed by atoms with Gasteiger partial charge in [-0.3, -0.25) is 4.68 Å². The zero-order chi connectivity index (χ0) is 13.1. The molecule has 18 heavy (non-hydrogen) atoms. The van der Waals surface area contributed by atoms with Crippen molar-refractivity contribution in [3.8, 4) is 0 Å². The van der Waals surface area contributed by atoms with Crippen LogP contribution >= 0.6 is 0 Å². The number of aryl methyl sites for hydroxylation is 2. The van der Waals surface area contributed by atoms with Crippen LogP contribution in [0.4, 0.5) is 0 Å². The normalized spacial score (nSPS) is 12.7. The van der Waals surface area contributed by atoms with Gasteiger partial charge >= 0.3 is 0 Å². The third kappa shape index (κ3) is 2.62. The lowest BCUT2D eigenvalue weighted by atomic mass is 9.95. The van der Waals surface area contributed by atoms with E-state index in [1.807, 2.05) is 25.0 Å². The van der Waals surface area contributed by atoms with Crippen LogP contribution in [0.5, 0.6) is 0 Å². The number of aromatic nitrogens is 2. The van der Waals surface area contributed by atoms with E-state index in [0.717, 1.165) is 12.1 Å². The summed E-state index contributed by atoms with van der Waals surface area (Å²) in [6.07, 6.45) is 2.91. The van der Waals surface area contributed by atoms with Crippen molar-refractivity contribution in [1.82, 2.24) is 15.1 Å². The summed E-state index contributed by atoms with van der Waals surface area (Å²) >= 11 is 0. The third-order valence-corrected chi connectivity index (χ3v) is 3.55. The zero-order valence-corrected chi connectivity index (χ0v) is 11.6. The topological polar surface area (TPSA) is 29.9 Å². The van der Waals surface area contributed by atoms with E-state index in [0.29, 0.717) is 6.04 Å². The molecule has 0 aliphatic carbocycles. The molecule has 3 nitrogen and oxygen atoms in total. The predicted molar refractivity (Wildman–Crippen MR) is 74.6 cm³/mol. The van der Waals surface area contributed by atoms with Gasteiger partial charge in [0.15, 0.2) is 0 Å². The molecule has 0 amide bonds. The van der Waals surface area contributed by atoms with Gasteiger partial charge in [-0.05, 0) is 43.7 Å². The Bertz CT molecular complexity index is 528. The first-order valence-electron chi connectivity index (χ1n) is 6.33. The highest BCUT2D eigenvalue weighted by Crippen LogP contribution is 2.22. The zero-order valence-electron chi connectivity index (χ0n) is 11.6.